The van der Waals surface area contributed by atoms with Crippen LogP contribution in [0.15, 0.2) is 65.8 Å². The normalized spacial score (nSPS) is 11.1. The third-order valence-corrected chi connectivity index (χ3v) is 5.37. The van der Waals surface area contributed by atoms with Crippen LogP contribution in [-0.2, 0) is 10.0 Å². The molecule has 0 radical (unpaired) electrons. The van der Waals surface area contributed by atoms with Gasteiger partial charge in [-0.3, -0.25) is 4.79 Å². The second-order valence-electron chi connectivity index (χ2n) is 5.46. The van der Waals surface area contributed by atoms with E-state index in [1.807, 2.05) is 0 Å². The van der Waals surface area contributed by atoms with Crippen molar-refractivity contribution in [1.82, 2.24) is 14.7 Å². The number of rotatable bonds is 6. The van der Waals surface area contributed by atoms with Gasteiger partial charge in [0.1, 0.15) is 5.75 Å². The van der Waals surface area contributed by atoms with Crippen molar-refractivity contribution in [3.05, 3.63) is 71.5 Å². The number of hydrogen-bond acceptors (Lipinski definition) is 6. The summed E-state index contributed by atoms with van der Waals surface area (Å²) in [6.45, 7) is 0. The third-order valence-electron chi connectivity index (χ3n) is 3.62. The Labute approximate surface area is 166 Å². The van der Waals surface area contributed by atoms with E-state index in [0.717, 1.165) is 0 Å². The molecule has 1 aromatic heterocycles. The number of anilines is 1. The van der Waals surface area contributed by atoms with Crippen LogP contribution in [0.1, 0.15) is 10.4 Å². The summed E-state index contributed by atoms with van der Waals surface area (Å²) in [6.07, 6.45) is 3.12. The van der Waals surface area contributed by atoms with Gasteiger partial charge in [-0.1, -0.05) is 11.6 Å². The average Bonchev–Trinajstić information content (AvgIpc) is 2.70. The molecule has 0 saturated carbocycles. The molecular weight excluding hydrogens is 404 g/mol. The molecule has 0 atom stereocenters. The van der Waals surface area contributed by atoms with Crippen LogP contribution in [0.4, 0.5) is 5.69 Å². The van der Waals surface area contributed by atoms with E-state index in [1.54, 1.807) is 42.7 Å². The lowest BCUT2D eigenvalue weighted by Crippen LogP contribution is -2.20. The van der Waals surface area contributed by atoms with Crippen LogP contribution < -0.4 is 14.8 Å². The smallest absolute Gasteiger partial charge is 0.321 e. The maximum atomic E-state index is 12.5. The van der Waals surface area contributed by atoms with Crippen molar-refractivity contribution in [3.8, 4) is 11.8 Å². The highest BCUT2D eigenvalue weighted by molar-refractivity contribution is 7.89. The largest absolute Gasteiger partial charge is 0.424 e. The van der Waals surface area contributed by atoms with Crippen molar-refractivity contribution in [3.63, 3.8) is 0 Å². The quantitative estimate of drug-likeness (QED) is 0.636. The molecule has 0 fully saturated rings. The van der Waals surface area contributed by atoms with E-state index < -0.39 is 15.9 Å². The van der Waals surface area contributed by atoms with Crippen LogP contribution in [0.3, 0.4) is 0 Å². The van der Waals surface area contributed by atoms with Crippen molar-refractivity contribution < 1.29 is 17.9 Å². The molecule has 10 heteroatoms. The number of benzene rings is 2. The average molecular weight is 419 g/mol. The van der Waals surface area contributed by atoms with E-state index in [0.29, 0.717) is 11.4 Å². The third kappa shape index (κ3) is 4.63. The van der Waals surface area contributed by atoms with Gasteiger partial charge in [-0.05, 0) is 55.6 Å². The number of carbonyl (C=O) groups is 1. The van der Waals surface area contributed by atoms with Gasteiger partial charge in [0.15, 0.2) is 0 Å². The molecule has 0 bridgehead atoms. The predicted molar refractivity (Wildman–Crippen MR) is 104 cm³/mol. The first kappa shape index (κ1) is 19.7. The first-order valence-corrected chi connectivity index (χ1v) is 9.84. The van der Waals surface area contributed by atoms with E-state index in [9.17, 15) is 13.2 Å². The Kier molecular flexibility index (Phi) is 5.88. The number of aromatic nitrogens is 2. The Morgan fingerprint density at radius 3 is 2.39 bits per heavy atom. The Bertz CT molecular complexity index is 1090. The Hall–Kier alpha value is -3.01. The van der Waals surface area contributed by atoms with Gasteiger partial charge in [-0.15, -0.1) is 0 Å². The van der Waals surface area contributed by atoms with Crippen LogP contribution in [0.5, 0.6) is 11.8 Å². The molecule has 0 aliphatic heterocycles. The summed E-state index contributed by atoms with van der Waals surface area (Å²) in [4.78, 5) is 20.4. The fraction of sp³-hybridized carbons (Fsp3) is 0.0556. The minimum atomic E-state index is -3.70. The van der Waals surface area contributed by atoms with Crippen molar-refractivity contribution in [2.45, 2.75) is 4.90 Å². The van der Waals surface area contributed by atoms with Gasteiger partial charge >= 0.3 is 6.01 Å². The van der Waals surface area contributed by atoms with E-state index in [1.165, 1.54) is 25.2 Å². The van der Waals surface area contributed by atoms with Crippen LogP contribution in [0.2, 0.25) is 5.02 Å². The molecule has 8 nitrogen and oxygen atoms in total. The maximum Gasteiger partial charge on any atom is 0.321 e. The van der Waals surface area contributed by atoms with E-state index in [4.69, 9.17) is 16.3 Å². The summed E-state index contributed by atoms with van der Waals surface area (Å²) in [6, 6.07) is 12.3. The van der Waals surface area contributed by atoms with Crippen LogP contribution in [-0.4, -0.2) is 31.3 Å². The summed E-state index contributed by atoms with van der Waals surface area (Å²) in [5.41, 5.74) is 0.514. The fourth-order valence-electron chi connectivity index (χ4n) is 2.21. The molecule has 3 aromatic rings. The lowest BCUT2D eigenvalue weighted by Gasteiger charge is -2.10. The molecule has 1 amide bonds. The second-order valence-corrected chi connectivity index (χ2v) is 7.75. The molecule has 28 heavy (non-hydrogen) atoms. The first-order chi connectivity index (χ1) is 13.4. The second kappa shape index (κ2) is 8.34. The number of halogens is 1. The molecule has 144 valence electrons. The summed E-state index contributed by atoms with van der Waals surface area (Å²) >= 11 is 6.06. The molecule has 2 aromatic carbocycles. The predicted octanol–water partition coefficient (Wildman–Crippen LogP) is 3.08. The summed E-state index contributed by atoms with van der Waals surface area (Å²) in [5.74, 6) is -0.0532. The molecular formula is C18H15ClN4O4S. The lowest BCUT2D eigenvalue weighted by molar-refractivity contribution is 0.102. The van der Waals surface area contributed by atoms with E-state index in [2.05, 4.69) is 20.0 Å². The van der Waals surface area contributed by atoms with Gasteiger partial charge in [0.05, 0.1) is 15.5 Å². The lowest BCUT2D eigenvalue weighted by atomic mass is 10.2. The first-order valence-electron chi connectivity index (χ1n) is 7.98. The number of nitrogens with zero attached hydrogens (tertiary/aromatic N) is 2. The Morgan fingerprint density at radius 2 is 1.75 bits per heavy atom. The summed E-state index contributed by atoms with van der Waals surface area (Å²) < 4.78 is 31.5. The van der Waals surface area contributed by atoms with Crippen molar-refractivity contribution in [1.29, 1.82) is 0 Å². The van der Waals surface area contributed by atoms with Gasteiger partial charge in [-0.25, -0.2) is 23.1 Å². The standard InChI is InChI=1S/C18H15ClN4O4S/c1-20-28(25,26)14-7-8-16(19)15(11-14)17(24)23-12-3-5-13(6-4-12)27-18-21-9-2-10-22-18/h2-11,20H,1H3,(H,23,24). The van der Waals surface area contributed by atoms with Crippen LogP contribution in [0, 0.1) is 0 Å². The molecule has 0 saturated heterocycles. The Balaban J connectivity index is 1.75. The number of amides is 1. The van der Waals surface area contributed by atoms with Crippen LogP contribution in [0.25, 0.3) is 0 Å². The summed E-state index contributed by atoms with van der Waals surface area (Å²) in [5, 5.41) is 2.79. The SMILES string of the molecule is CNS(=O)(=O)c1ccc(Cl)c(C(=O)Nc2ccc(Oc3ncccn3)cc2)c1. The zero-order chi connectivity index (χ0) is 20.1. The van der Waals surface area contributed by atoms with Gasteiger partial charge in [0.2, 0.25) is 10.0 Å². The van der Waals surface area contributed by atoms with Gasteiger partial charge in [0.25, 0.3) is 5.91 Å². The molecule has 0 spiro atoms. The maximum absolute atomic E-state index is 12.5. The minimum Gasteiger partial charge on any atom is -0.424 e. The molecule has 0 unspecified atom stereocenters. The zero-order valence-corrected chi connectivity index (χ0v) is 16.2. The van der Waals surface area contributed by atoms with Crippen molar-refractivity contribution in [2.75, 3.05) is 12.4 Å². The molecule has 0 aliphatic rings. The van der Waals surface area contributed by atoms with Gasteiger partial charge in [-0.2, -0.15) is 0 Å². The molecule has 0 aliphatic carbocycles. The highest BCUT2D eigenvalue weighted by atomic mass is 35.5. The monoisotopic (exact) mass is 418 g/mol. The van der Waals surface area contributed by atoms with Crippen LogP contribution >= 0.6 is 11.6 Å². The minimum absolute atomic E-state index is 0.0380. The topological polar surface area (TPSA) is 110 Å². The molecule has 1 heterocycles. The number of nitrogens with one attached hydrogen (secondary N) is 2. The zero-order valence-electron chi connectivity index (χ0n) is 14.6. The number of carbonyl (C=O) groups excluding carboxylic acids is 1. The molecule has 3 rings (SSSR count). The number of sulfonamides is 1. The summed E-state index contributed by atoms with van der Waals surface area (Å²) in [7, 11) is -2.41. The van der Waals surface area contributed by atoms with Crippen molar-refractivity contribution in [2.24, 2.45) is 0 Å². The molecule has 2 N–H and O–H groups in total. The highest BCUT2D eigenvalue weighted by Gasteiger charge is 2.17. The fourth-order valence-corrected chi connectivity index (χ4v) is 3.17. The Morgan fingerprint density at radius 1 is 1.07 bits per heavy atom. The van der Waals surface area contributed by atoms with Gasteiger partial charge < -0.3 is 10.1 Å². The van der Waals surface area contributed by atoms with Gasteiger partial charge in [0, 0.05) is 18.1 Å². The number of hydrogen-bond donors (Lipinski definition) is 2. The van der Waals surface area contributed by atoms with Crippen molar-refractivity contribution >= 4 is 33.2 Å². The number of ether oxygens (including phenoxy) is 1. The van der Waals surface area contributed by atoms with E-state index >= 15 is 0 Å². The highest BCUT2D eigenvalue weighted by Crippen LogP contribution is 2.23. The van der Waals surface area contributed by atoms with E-state index in [-0.39, 0.29) is 21.5 Å².